The molecule has 19 heavy (non-hydrogen) atoms. The van der Waals surface area contributed by atoms with E-state index in [4.69, 9.17) is 0 Å². The summed E-state index contributed by atoms with van der Waals surface area (Å²) >= 11 is 1.43. The number of anilines is 1. The molecule has 0 spiro atoms. The highest BCUT2D eigenvalue weighted by Gasteiger charge is 2.12. The third-order valence-electron chi connectivity index (χ3n) is 2.88. The summed E-state index contributed by atoms with van der Waals surface area (Å²) in [7, 11) is 0. The van der Waals surface area contributed by atoms with E-state index in [2.05, 4.69) is 15.5 Å². The lowest BCUT2D eigenvalue weighted by Crippen LogP contribution is -2.14. The first kappa shape index (κ1) is 13.7. The molecule has 1 amide bonds. The van der Waals surface area contributed by atoms with Crippen LogP contribution in [0.2, 0.25) is 0 Å². The zero-order valence-corrected chi connectivity index (χ0v) is 11.9. The van der Waals surface area contributed by atoms with Crippen molar-refractivity contribution in [3.8, 4) is 0 Å². The highest BCUT2D eigenvalue weighted by atomic mass is 32.1. The Morgan fingerprint density at radius 2 is 2.05 bits per heavy atom. The molecule has 0 radical (unpaired) electrons. The van der Waals surface area contributed by atoms with Crippen LogP contribution in [0.1, 0.15) is 36.8 Å². The minimum Gasteiger partial charge on any atom is -0.301 e. The maximum atomic E-state index is 11.9. The van der Waals surface area contributed by atoms with E-state index in [0.717, 1.165) is 11.4 Å². The van der Waals surface area contributed by atoms with Gasteiger partial charge in [0, 0.05) is 6.42 Å². The molecule has 0 saturated carbocycles. The van der Waals surface area contributed by atoms with Gasteiger partial charge < -0.3 is 5.32 Å². The van der Waals surface area contributed by atoms with Gasteiger partial charge in [0.25, 0.3) is 0 Å². The van der Waals surface area contributed by atoms with E-state index in [1.54, 1.807) is 0 Å². The second-order valence-corrected chi connectivity index (χ2v) is 5.48. The van der Waals surface area contributed by atoms with E-state index in [0.29, 0.717) is 11.6 Å². The van der Waals surface area contributed by atoms with Crippen molar-refractivity contribution in [3.63, 3.8) is 0 Å². The van der Waals surface area contributed by atoms with E-state index < -0.39 is 0 Å². The molecule has 0 bridgehead atoms. The Bertz CT molecular complexity index is 539. The fourth-order valence-electron chi connectivity index (χ4n) is 1.79. The SMILES string of the molecule is CCc1nnc(NC(=O)C[C@@H](C)c2ccccc2)s1. The fourth-order valence-corrected chi connectivity index (χ4v) is 2.49. The molecule has 2 aromatic rings. The second-order valence-electron chi connectivity index (χ2n) is 4.42. The molecule has 1 heterocycles. The van der Waals surface area contributed by atoms with Crippen LogP contribution in [0, 0.1) is 0 Å². The number of hydrogen-bond donors (Lipinski definition) is 1. The van der Waals surface area contributed by atoms with Crippen LogP contribution in [0.3, 0.4) is 0 Å². The molecule has 1 aromatic carbocycles. The largest absolute Gasteiger partial charge is 0.301 e. The number of nitrogens with one attached hydrogen (secondary N) is 1. The Hall–Kier alpha value is -1.75. The van der Waals surface area contributed by atoms with Crippen molar-refractivity contribution in [2.45, 2.75) is 32.6 Å². The average Bonchev–Trinajstić information content (AvgIpc) is 2.87. The number of benzene rings is 1. The van der Waals surface area contributed by atoms with Crippen LogP contribution in [0.5, 0.6) is 0 Å². The van der Waals surface area contributed by atoms with Crippen LogP contribution in [0.15, 0.2) is 30.3 Å². The van der Waals surface area contributed by atoms with Gasteiger partial charge in [-0.25, -0.2) is 0 Å². The quantitative estimate of drug-likeness (QED) is 0.911. The van der Waals surface area contributed by atoms with Gasteiger partial charge >= 0.3 is 0 Å². The topological polar surface area (TPSA) is 54.9 Å². The molecule has 4 nitrogen and oxygen atoms in total. The van der Waals surface area contributed by atoms with Gasteiger partial charge in [-0.1, -0.05) is 55.5 Å². The third kappa shape index (κ3) is 3.86. The molecule has 0 aliphatic rings. The Balaban J connectivity index is 1.91. The summed E-state index contributed by atoms with van der Waals surface area (Å²) < 4.78 is 0. The first-order valence-electron chi connectivity index (χ1n) is 6.36. The second kappa shape index (κ2) is 6.43. The standard InChI is InChI=1S/C14H17N3OS/c1-3-13-16-17-14(19-13)15-12(18)9-10(2)11-7-5-4-6-8-11/h4-8,10H,3,9H2,1-2H3,(H,15,17,18)/t10-/m1/s1. The van der Waals surface area contributed by atoms with E-state index >= 15 is 0 Å². The number of rotatable bonds is 5. The molecule has 5 heteroatoms. The average molecular weight is 275 g/mol. The van der Waals surface area contributed by atoms with E-state index in [1.807, 2.05) is 44.2 Å². The van der Waals surface area contributed by atoms with Gasteiger partial charge in [-0.05, 0) is 17.9 Å². The number of amides is 1. The summed E-state index contributed by atoms with van der Waals surface area (Å²) in [6.07, 6.45) is 1.29. The lowest BCUT2D eigenvalue weighted by molar-refractivity contribution is -0.116. The minimum absolute atomic E-state index is 0.0184. The van der Waals surface area contributed by atoms with E-state index in [-0.39, 0.29) is 11.8 Å². The first-order chi connectivity index (χ1) is 9.19. The van der Waals surface area contributed by atoms with Crippen molar-refractivity contribution >= 4 is 22.4 Å². The molecule has 1 N–H and O–H groups in total. The minimum atomic E-state index is -0.0184. The number of hydrogen-bond acceptors (Lipinski definition) is 4. The molecule has 0 aliphatic carbocycles. The molecule has 0 unspecified atom stereocenters. The Morgan fingerprint density at radius 1 is 1.32 bits per heavy atom. The monoisotopic (exact) mass is 275 g/mol. The van der Waals surface area contributed by atoms with E-state index in [9.17, 15) is 4.79 Å². The summed E-state index contributed by atoms with van der Waals surface area (Å²) in [6.45, 7) is 4.07. The van der Waals surface area contributed by atoms with Crippen molar-refractivity contribution in [2.75, 3.05) is 5.32 Å². The first-order valence-corrected chi connectivity index (χ1v) is 7.18. The summed E-state index contributed by atoms with van der Waals surface area (Å²) in [5.74, 6) is 0.176. The van der Waals surface area contributed by atoms with Gasteiger partial charge in [-0.15, -0.1) is 10.2 Å². The summed E-state index contributed by atoms with van der Waals surface area (Å²) in [4.78, 5) is 11.9. The number of aryl methyl sites for hydroxylation is 1. The van der Waals surface area contributed by atoms with Gasteiger partial charge in [0.2, 0.25) is 11.0 Å². The predicted molar refractivity (Wildman–Crippen MR) is 77.4 cm³/mol. The number of aromatic nitrogens is 2. The molecular formula is C14H17N3OS. The van der Waals surface area contributed by atoms with Gasteiger partial charge in [0.1, 0.15) is 5.01 Å². The maximum Gasteiger partial charge on any atom is 0.226 e. The van der Waals surface area contributed by atoms with Crippen molar-refractivity contribution < 1.29 is 4.79 Å². The van der Waals surface area contributed by atoms with Gasteiger partial charge in [-0.3, -0.25) is 4.79 Å². The fraction of sp³-hybridized carbons (Fsp3) is 0.357. The Morgan fingerprint density at radius 3 is 2.68 bits per heavy atom. The predicted octanol–water partition coefficient (Wildman–Crippen LogP) is 3.23. The van der Waals surface area contributed by atoms with Gasteiger partial charge in [0.15, 0.2) is 0 Å². The maximum absolute atomic E-state index is 11.9. The molecule has 0 saturated heterocycles. The zero-order chi connectivity index (χ0) is 13.7. The van der Waals surface area contributed by atoms with Crippen LogP contribution in [0.4, 0.5) is 5.13 Å². The van der Waals surface area contributed by atoms with Crippen molar-refractivity contribution in [2.24, 2.45) is 0 Å². The summed E-state index contributed by atoms with van der Waals surface area (Å²) in [6, 6.07) is 10.0. The van der Waals surface area contributed by atoms with Gasteiger partial charge in [-0.2, -0.15) is 0 Å². The third-order valence-corrected chi connectivity index (χ3v) is 3.86. The zero-order valence-electron chi connectivity index (χ0n) is 11.1. The number of carbonyl (C=O) groups is 1. The highest BCUT2D eigenvalue weighted by Crippen LogP contribution is 2.20. The lowest BCUT2D eigenvalue weighted by atomic mass is 9.98. The van der Waals surface area contributed by atoms with Crippen LogP contribution in [0.25, 0.3) is 0 Å². The molecule has 0 aliphatic heterocycles. The molecule has 0 fully saturated rings. The van der Waals surface area contributed by atoms with Crippen LogP contribution < -0.4 is 5.32 Å². The molecule has 1 atom stereocenters. The normalized spacial score (nSPS) is 12.1. The number of nitrogens with zero attached hydrogens (tertiary/aromatic N) is 2. The Labute approximate surface area is 116 Å². The van der Waals surface area contributed by atoms with Crippen molar-refractivity contribution in [1.82, 2.24) is 10.2 Å². The van der Waals surface area contributed by atoms with Crippen LogP contribution in [-0.4, -0.2) is 16.1 Å². The summed E-state index contributed by atoms with van der Waals surface area (Å²) in [5, 5.41) is 12.2. The highest BCUT2D eigenvalue weighted by molar-refractivity contribution is 7.15. The van der Waals surface area contributed by atoms with Gasteiger partial charge in [0.05, 0.1) is 0 Å². The van der Waals surface area contributed by atoms with Crippen LogP contribution >= 0.6 is 11.3 Å². The van der Waals surface area contributed by atoms with E-state index in [1.165, 1.54) is 16.9 Å². The summed E-state index contributed by atoms with van der Waals surface area (Å²) in [5.41, 5.74) is 1.17. The number of carbonyl (C=O) groups excluding carboxylic acids is 1. The molecular weight excluding hydrogens is 258 g/mol. The molecule has 1 aromatic heterocycles. The van der Waals surface area contributed by atoms with Crippen molar-refractivity contribution in [3.05, 3.63) is 40.9 Å². The smallest absolute Gasteiger partial charge is 0.226 e. The molecule has 2 rings (SSSR count). The lowest BCUT2D eigenvalue weighted by Gasteiger charge is -2.10. The van der Waals surface area contributed by atoms with Crippen molar-refractivity contribution in [1.29, 1.82) is 0 Å². The Kier molecular flexibility index (Phi) is 4.63. The van der Waals surface area contributed by atoms with Crippen LogP contribution in [-0.2, 0) is 11.2 Å². The molecule has 100 valence electrons.